The van der Waals surface area contributed by atoms with Crippen molar-refractivity contribution in [2.75, 3.05) is 0 Å². The first-order valence-electron chi connectivity index (χ1n) is 8.32. The Morgan fingerprint density at radius 2 is 1.85 bits per heavy atom. The zero-order valence-electron chi connectivity index (χ0n) is 13.5. The van der Waals surface area contributed by atoms with Crippen LogP contribution in [0.25, 0.3) is 0 Å². The van der Waals surface area contributed by atoms with E-state index in [1.165, 1.54) is 36.8 Å². The van der Waals surface area contributed by atoms with Crippen LogP contribution in [0.3, 0.4) is 0 Å². The summed E-state index contributed by atoms with van der Waals surface area (Å²) in [5, 5.41) is 0. The first-order chi connectivity index (χ1) is 9.36. The van der Waals surface area contributed by atoms with Crippen LogP contribution in [0.4, 0.5) is 0 Å². The Morgan fingerprint density at radius 1 is 1.10 bits per heavy atom. The second-order valence-corrected chi connectivity index (χ2v) is 8.07. The molecule has 0 aromatic heterocycles. The van der Waals surface area contributed by atoms with Crippen molar-refractivity contribution in [2.24, 2.45) is 16.7 Å². The lowest BCUT2D eigenvalue weighted by Gasteiger charge is -2.36. The summed E-state index contributed by atoms with van der Waals surface area (Å²) in [6.45, 7) is 9.17. The number of hydrogen-bond donors (Lipinski definition) is 0. The normalized spacial score (nSPS) is 37.6. The molecule has 20 heavy (non-hydrogen) atoms. The summed E-state index contributed by atoms with van der Waals surface area (Å²) in [5.41, 5.74) is 4.87. The molecule has 1 fully saturated rings. The van der Waals surface area contributed by atoms with Crippen molar-refractivity contribution in [3.8, 4) is 0 Å². The van der Waals surface area contributed by atoms with E-state index in [0.29, 0.717) is 17.1 Å². The molecule has 0 saturated heterocycles. The molecule has 3 aliphatic carbocycles. The van der Waals surface area contributed by atoms with Gasteiger partial charge in [-0.15, -0.1) is 0 Å². The third kappa shape index (κ3) is 2.01. The van der Waals surface area contributed by atoms with E-state index in [1.54, 1.807) is 5.57 Å². The molecule has 0 aliphatic heterocycles. The molecule has 0 aromatic rings. The minimum Gasteiger partial charge on any atom is -0.295 e. The van der Waals surface area contributed by atoms with Gasteiger partial charge in [0.2, 0.25) is 0 Å². The molecule has 0 bridgehead atoms. The van der Waals surface area contributed by atoms with Crippen molar-refractivity contribution >= 4 is 5.78 Å². The van der Waals surface area contributed by atoms with Gasteiger partial charge in [0, 0.05) is 11.8 Å². The van der Waals surface area contributed by atoms with Gasteiger partial charge in [0.05, 0.1) is 0 Å². The molecule has 0 unspecified atom stereocenters. The molecule has 110 valence electrons. The number of hydrogen-bond acceptors (Lipinski definition) is 1. The summed E-state index contributed by atoms with van der Waals surface area (Å²) < 4.78 is 0. The number of fused-ring (bicyclic) bond motifs is 2. The highest BCUT2D eigenvalue weighted by Crippen LogP contribution is 2.57. The lowest BCUT2D eigenvalue weighted by atomic mass is 9.69. The van der Waals surface area contributed by atoms with E-state index in [0.717, 1.165) is 19.3 Å². The molecule has 3 aliphatic rings. The lowest BCUT2D eigenvalue weighted by Crippen LogP contribution is -2.24. The average molecular weight is 272 g/mol. The van der Waals surface area contributed by atoms with Crippen molar-refractivity contribution in [2.45, 2.75) is 72.6 Å². The van der Waals surface area contributed by atoms with Crippen LogP contribution in [0.15, 0.2) is 22.8 Å². The third-order valence-electron chi connectivity index (χ3n) is 6.09. The summed E-state index contributed by atoms with van der Waals surface area (Å²) in [7, 11) is 0. The first-order valence-corrected chi connectivity index (χ1v) is 8.32. The molecule has 0 N–H and O–H groups in total. The van der Waals surface area contributed by atoms with E-state index < -0.39 is 0 Å². The van der Waals surface area contributed by atoms with Gasteiger partial charge in [0.25, 0.3) is 0 Å². The number of allylic oxidation sites excluding steroid dienone is 4. The van der Waals surface area contributed by atoms with E-state index in [1.807, 2.05) is 0 Å². The zero-order valence-corrected chi connectivity index (χ0v) is 13.5. The van der Waals surface area contributed by atoms with Crippen molar-refractivity contribution in [3.05, 3.63) is 22.8 Å². The maximum atomic E-state index is 12.5. The second kappa shape index (κ2) is 4.58. The summed E-state index contributed by atoms with van der Waals surface area (Å²) in [4.78, 5) is 12.5. The molecular weight excluding hydrogens is 244 g/mol. The zero-order chi connectivity index (χ0) is 14.5. The van der Waals surface area contributed by atoms with Crippen LogP contribution >= 0.6 is 0 Å². The van der Waals surface area contributed by atoms with Gasteiger partial charge in [0.15, 0.2) is 5.78 Å². The minimum absolute atomic E-state index is 0.123. The van der Waals surface area contributed by atoms with Crippen LogP contribution < -0.4 is 0 Å². The molecule has 0 aromatic carbocycles. The van der Waals surface area contributed by atoms with Gasteiger partial charge in [-0.1, -0.05) is 44.9 Å². The fraction of sp³-hybridized carbons (Fsp3) is 0.737. The van der Waals surface area contributed by atoms with Gasteiger partial charge < -0.3 is 0 Å². The molecule has 1 nitrogen and oxygen atoms in total. The molecular formula is C19H28O. The number of rotatable bonds is 1. The number of Topliss-reactive ketones (excluding diaryl/α,β-unsaturated/α-hetero) is 1. The maximum absolute atomic E-state index is 12.5. The van der Waals surface area contributed by atoms with Crippen LogP contribution in [0, 0.1) is 16.7 Å². The van der Waals surface area contributed by atoms with Gasteiger partial charge in [-0.25, -0.2) is 0 Å². The Balaban J connectivity index is 2.06. The van der Waals surface area contributed by atoms with E-state index in [4.69, 9.17) is 0 Å². The first kappa shape index (κ1) is 14.1. The molecule has 2 atom stereocenters. The van der Waals surface area contributed by atoms with Gasteiger partial charge in [0.1, 0.15) is 0 Å². The van der Waals surface area contributed by atoms with Crippen LogP contribution in [-0.2, 0) is 4.79 Å². The molecule has 3 rings (SSSR count). The predicted octanol–water partition coefficient (Wildman–Crippen LogP) is 5.22. The highest BCUT2D eigenvalue weighted by molar-refractivity contribution is 6.00. The van der Waals surface area contributed by atoms with Gasteiger partial charge in [-0.2, -0.15) is 0 Å². The van der Waals surface area contributed by atoms with Crippen LogP contribution in [0.2, 0.25) is 0 Å². The van der Waals surface area contributed by atoms with Crippen molar-refractivity contribution in [1.82, 2.24) is 0 Å². The molecule has 0 amide bonds. The largest absolute Gasteiger partial charge is 0.295 e. The lowest BCUT2D eigenvalue weighted by molar-refractivity contribution is -0.116. The summed E-state index contributed by atoms with van der Waals surface area (Å²) in [6.07, 6.45) is 10.7. The molecule has 1 saturated carbocycles. The Kier molecular flexibility index (Phi) is 3.23. The average Bonchev–Trinajstić information content (AvgIpc) is 2.54. The number of carbonyl (C=O) groups is 1. The topological polar surface area (TPSA) is 17.1 Å². The molecule has 0 radical (unpaired) electrons. The monoisotopic (exact) mass is 272 g/mol. The maximum Gasteiger partial charge on any atom is 0.159 e. The highest BCUT2D eigenvalue weighted by Gasteiger charge is 2.47. The fourth-order valence-corrected chi connectivity index (χ4v) is 4.89. The van der Waals surface area contributed by atoms with Crippen molar-refractivity contribution in [3.63, 3.8) is 0 Å². The van der Waals surface area contributed by atoms with E-state index in [-0.39, 0.29) is 5.41 Å². The van der Waals surface area contributed by atoms with Crippen molar-refractivity contribution in [1.29, 1.82) is 0 Å². The quantitative estimate of drug-likeness (QED) is 0.598. The van der Waals surface area contributed by atoms with Crippen LogP contribution in [0.1, 0.15) is 72.6 Å². The molecule has 1 heteroatoms. The Bertz CT molecular complexity index is 508. The second-order valence-electron chi connectivity index (χ2n) is 8.07. The van der Waals surface area contributed by atoms with Crippen molar-refractivity contribution < 1.29 is 4.79 Å². The summed E-state index contributed by atoms with van der Waals surface area (Å²) in [5.74, 6) is 0.818. The van der Waals surface area contributed by atoms with Gasteiger partial charge in [-0.05, 0) is 55.4 Å². The Morgan fingerprint density at radius 3 is 2.55 bits per heavy atom. The van der Waals surface area contributed by atoms with E-state index in [2.05, 4.69) is 33.8 Å². The SMILES string of the molecule is CC(C)C1=C2CC[C@]3(C)CCCC=C3C[C@@]2(C)CC1=O. The minimum atomic E-state index is 0.123. The fourth-order valence-electron chi connectivity index (χ4n) is 4.89. The molecule has 0 heterocycles. The number of carbonyl (C=O) groups excluding carboxylic acids is 1. The highest BCUT2D eigenvalue weighted by atomic mass is 16.1. The summed E-state index contributed by atoms with van der Waals surface area (Å²) in [6, 6.07) is 0. The Labute approximate surface area is 123 Å². The van der Waals surface area contributed by atoms with Crippen LogP contribution in [-0.4, -0.2) is 5.78 Å². The Hall–Kier alpha value is -0.850. The standard InChI is InChI=1S/C19H28O/c1-13(2)17-15-8-10-18(3)9-6-5-7-14(18)11-19(15,4)12-16(17)20/h7,13H,5-6,8-12H2,1-4H3/t18-,19-/m0/s1. The smallest absolute Gasteiger partial charge is 0.159 e. The predicted molar refractivity (Wildman–Crippen MR) is 83.5 cm³/mol. The number of ketones is 1. The van der Waals surface area contributed by atoms with Crippen LogP contribution in [0.5, 0.6) is 0 Å². The third-order valence-corrected chi connectivity index (χ3v) is 6.09. The van der Waals surface area contributed by atoms with E-state index >= 15 is 0 Å². The summed E-state index contributed by atoms with van der Waals surface area (Å²) >= 11 is 0. The van der Waals surface area contributed by atoms with Gasteiger partial charge in [-0.3, -0.25) is 4.79 Å². The van der Waals surface area contributed by atoms with Gasteiger partial charge >= 0.3 is 0 Å². The van der Waals surface area contributed by atoms with E-state index in [9.17, 15) is 4.79 Å². The molecule has 0 spiro atoms.